The molecular formula is C11H18Cl3N3. The molecule has 1 aromatic rings. The van der Waals surface area contributed by atoms with Gasteiger partial charge in [-0.25, -0.2) is 4.68 Å². The zero-order chi connectivity index (χ0) is 13.3. The van der Waals surface area contributed by atoms with Crippen LogP contribution in [0, 0.1) is 0 Å². The van der Waals surface area contributed by atoms with Crippen LogP contribution in [-0.4, -0.2) is 15.0 Å². The molecule has 0 saturated carbocycles. The number of hydrogen-bond donors (Lipinski definition) is 0. The summed E-state index contributed by atoms with van der Waals surface area (Å²) in [6, 6.07) is 0. The number of aromatic nitrogens is 3. The fourth-order valence-electron chi connectivity index (χ4n) is 1.56. The highest BCUT2D eigenvalue weighted by molar-refractivity contribution is 6.66. The number of aryl methyl sites for hydroxylation is 1. The third kappa shape index (κ3) is 3.73. The van der Waals surface area contributed by atoms with Crippen molar-refractivity contribution in [1.82, 2.24) is 15.0 Å². The zero-order valence-corrected chi connectivity index (χ0v) is 12.9. The van der Waals surface area contributed by atoms with Crippen molar-refractivity contribution in [3.05, 3.63) is 11.4 Å². The molecule has 0 atom stereocenters. The van der Waals surface area contributed by atoms with E-state index >= 15 is 0 Å². The van der Waals surface area contributed by atoms with Crippen LogP contribution in [0.2, 0.25) is 0 Å². The molecule has 0 aliphatic heterocycles. The molecular weight excluding hydrogens is 281 g/mol. The fraction of sp³-hybridized carbons (Fsp3) is 0.818. The van der Waals surface area contributed by atoms with E-state index in [-0.39, 0.29) is 5.41 Å². The molecule has 0 bridgehead atoms. The highest BCUT2D eigenvalue weighted by Crippen LogP contribution is 2.42. The third-order valence-electron chi connectivity index (χ3n) is 2.44. The first-order valence-electron chi connectivity index (χ1n) is 5.69. The van der Waals surface area contributed by atoms with Crippen LogP contribution in [-0.2, 0) is 15.8 Å². The molecule has 1 heterocycles. The molecule has 0 aliphatic carbocycles. The number of nitrogens with zero attached hydrogens (tertiary/aromatic N) is 3. The maximum Gasteiger partial charge on any atom is 0.234 e. The van der Waals surface area contributed by atoms with E-state index in [9.17, 15) is 0 Å². The number of rotatable bonds is 3. The van der Waals surface area contributed by atoms with Crippen LogP contribution in [0.5, 0.6) is 0 Å². The molecule has 0 fully saturated rings. The predicted molar refractivity (Wildman–Crippen MR) is 72.9 cm³/mol. The molecule has 0 unspecified atom stereocenters. The summed E-state index contributed by atoms with van der Waals surface area (Å²) in [7, 11) is 0. The molecule has 0 amide bonds. The van der Waals surface area contributed by atoms with Gasteiger partial charge in [0.1, 0.15) is 5.69 Å². The first kappa shape index (κ1) is 15.1. The first-order chi connectivity index (χ1) is 7.68. The second-order valence-electron chi connectivity index (χ2n) is 5.11. The summed E-state index contributed by atoms with van der Waals surface area (Å²) in [4.78, 5) is 0. The van der Waals surface area contributed by atoms with E-state index in [2.05, 4.69) is 17.2 Å². The van der Waals surface area contributed by atoms with Crippen molar-refractivity contribution in [3.8, 4) is 0 Å². The molecule has 1 rings (SSSR count). The van der Waals surface area contributed by atoms with E-state index in [1.165, 1.54) is 0 Å². The number of halogens is 3. The smallest absolute Gasteiger partial charge is 0.234 e. The largest absolute Gasteiger partial charge is 0.245 e. The zero-order valence-electron chi connectivity index (χ0n) is 10.6. The molecule has 1 aromatic heterocycles. The lowest BCUT2D eigenvalue weighted by atomic mass is 9.91. The monoisotopic (exact) mass is 297 g/mol. The van der Waals surface area contributed by atoms with Crippen LogP contribution < -0.4 is 0 Å². The van der Waals surface area contributed by atoms with Gasteiger partial charge < -0.3 is 0 Å². The van der Waals surface area contributed by atoms with Gasteiger partial charge in [-0.3, -0.25) is 0 Å². The van der Waals surface area contributed by atoms with Crippen LogP contribution in [0.3, 0.4) is 0 Å². The second kappa shape index (κ2) is 5.33. The topological polar surface area (TPSA) is 30.7 Å². The Morgan fingerprint density at radius 1 is 1.18 bits per heavy atom. The Kier molecular flexibility index (Phi) is 4.73. The summed E-state index contributed by atoms with van der Waals surface area (Å²) in [6.07, 6.45) is 2.05. The average molecular weight is 299 g/mol. The van der Waals surface area contributed by atoms with Gasteiger partial charge in [-0.1, -0.05) is 74.1 Å². The summed E-state index contributed by atoms with van der Waals surface area (Å²) < 4.78 is 0.219. The highest BCUT2D eigenvalue weighted by atomic mass is 35.6. The van der Waals surface area contributed by atoms with Crippen molar-refractivity contribution in [2.45, 2.75) is 56.3 Å². The maximum absolute atomic E-state index is 6.03. The molecule has 0 radical (unpaired) electrons. The molecule has 0 N–H and O–H groups in total. The third-order valence-corrected chi connectivity index (χ3v) is 2.97. The minimum Gasteiger partial charge on any atom is -0.245 e. The minimum atomic E-state index is -1.49. The molecule has 3 nitrogen and oxygen atoms in total. The molecule has 0 spiro atoms. The van der Waals surface area contributed by atoms with E-state index in [4.69, 9.17) is 34.8 Å². The summed E-state index contributed by atoms with van der Waals surface area (Å²) >= 11 is 18.1. The van der Waals surface area contributed by atoms with Gasteiger partial charge >= 0.3 is 0 Å². The Balaban J connectivity index is 3.21. The second-order valence-corrected chi connectivity index (χ2v) is 7.39. The molecule has 98 valence electrons. The average Bonchev–Trinajstić information content (AvgIpc) is 2.56. The maximum atomic E-state index is 6.03. The van der Waals surface area contributed by atoms with Gasteiger partial charge in [0.05, 0.1) is 5.69 Å². The van der Waals surface area contributed by atoms with Gasteiger partial charge in [0, 0.05) is 12.0 Å². The van der Waals surface area contributed by atoms with Crippen LogP contribution >= 0.6 is 34.8 Å². The first-order valence-corrected chi connectivity index (χ1v) is 6.82. The summed E-state index contributed by atoms with van der Waals surface area (Å²) in [5, 5.41) is 8.27. The number of unbranched alkanes of at least 4 members (excludes halogenated alkanes) is 1. The number of hydrogen-bond acceptors (Lipinski definition) is 2. The Hall–Kier alpha value is 0.01000. The SMILES string of the molecule is CCCCn1nnc(C(C)(C)C)c1C(Cl)(Cl)Cl. The summed E-state index contributed by atoms with van der Waals surface area (Å²) in [5.41, 5.74) is 1.14. The van der Waals surface area contributed by atoms with E-state index in [0.717, 1.165) is 25.1 Å². The quantitative estimate of drug-likeness (QED) is 0.783. The fourth-order valence-corrected chi connectivity index (χ4v) is 2.12. The van der Waals surface area contributed by atoms with Gasteiger partial charge in [0.15, 0.2) is 0 Å². The molecule has 0 aromatic carbocycles. The molecule has 0 aliphatic rings. The van der Waals surface area contributed by atoms with E-state index in [0.29, 0.717) is 5.69 Å². The van der Waals surface area contributed by atoms with Gasteiger partial charge in [-0.05, 0) is 6.42 Å². The molecule has 17 heavy (non-hydrogen) atoms. The van der Waals surface area contributed by atoms with Crippen LogP contribution in [0.4, 0.5) is 0 Å². The van der Waals surface area contributed by atoms with Crippen molar-refractivity contribution < 1.29 is 0 Å². The Bertz CT molecular complexity index is 374. The standard InChI is InChI=1S/C11H18Cl3N3/c1-5-6-7-17-9(11(12,13)14)8(15-16-17)10(2,3)4/h5-7H2,1-4H3. The van der Waals surface area contributed by atoms with Crippen molar-refractivity contribution in [3.63, 3.8) is 0 Å². The van der Waals surface area contributed by atoms with Crippen LogP contribution in [0.25, 0.3) is 0 Å². The van der Waals surface area contributed by atoms with Crippen LogP contribution in [0.1, 0.15) is 51.9 Å². The van der Waals surface area contributed by atoms with Crippen molar-refractivity contribution >= 4 is 34.8 Å². The van der Waals surface area contributed by atoms with Gasteiger partial charge in [0.25, 0.3) is 0 Å². The van der Waals surface area contributed by atoms with E-state index in [1.807, 2.05) is 20.8 Å². The lowest BCUT2D eigenvalue weighted by molar-refractivity contribution is 0.534. The van der Waals surface area contributed by atoms with Gasteiger partial charge in [-0.15, -0.1) is 5.10 Å². The van der Waals surface area contributed by atoms with E-state index < -0.39 is 3.79 Å². The molecule has 0 saturated heterocycles. The van der Waals surface area contributed by atoms with Crippen LogP contribution in [0.15, 0.2) is 0 Å². The van der Waals surface area contributed by atoms with Gasteiger partial charge in [-0.2, -0.15) is 0 Å². The van der Waals surface area contributed by atoms with E-state index in [1.54, 1.807) is 4.68 Å². The van der Waals surface area contributed by atoms with Crippen molar-refractivity contribution in [1.29, 1.82) is 0 Å². The summed E-state index contributed by atoms with van der Waals surface area (Å²) in [5.74, 6) is 0. The summed E-state index contributed by atoms with van der Waals surface area (Å²) in [6.45, 7) is 8.92. The Morgan fingerprint density at radius 2 is 1.76 bits per heavy atom. The van der Waals surface area contributed by atoms with Gasteiger partial charge in [0.2, 0.25) is 3.79 Å². The predicted octanol–water partition coefficient (Wildman–Crippen LogP) is 4.20. The molecule has 6 heteroatoms. The number of alkyl halides is 3. The minimum absolute atomic E-state index is 0.191. The van der Waals surface area contributed by atoms with Crippen molar-refractivity contribution in [2.24, 2.45) is 0 Å². The van der Waals surface area contributed by atoms with Crippen molar-refractivity contribution in [2.75, 3.05) is 0 Å². The Morgan fingerprint density at radius 3 is 2.18 bits per heavy atom. The lowest BCUT2D eigenvalue weighted by Crippen LogP contribution is -2.20. The Labute approximate surface area is 117 Å². The normalized spacial score (nSPS) is 13.1. The lowest BCUT2D eigenvalue weighted by Gasteiger charge is -2.21. The highest BCUT2D eigenvalue weighted by Gasteiger charge is 2.36.